The maximum Gasteiger partial charge on any atom is 0.274 e. The summed E-state index contributed by atoms with van der Waals surface area (Å²) in [7, 11) is 1.82. The molecule has 1 amide bonds. The molecule has 7 nitrogen and oxygen atoms in total. The predicted octanol–water partition coefficient (Wildman–Crippen LogP) is 3.49. The van der Waals surface area contributed by atoms with Gasteiger partial charge in [-0.25, -0.2) is 14.4 Å². The van der Waals surface area contributed by atoms with Crippen LogP contribution in [0.3, 0.4) is 0 Å². The number of thiophene rings is 1. The minimum Gasteiger partial charge on any atom is -0.380 e. The number of hydrogen-bond donors (Lipinski definition) is 2. The molecule has 0 unspecified atom stereocenters. The maximum absolute atomic E-state index is 13.6. The van der Waals surface area contributed by atoms with E-state index in [9.17, 15) is 9.18 Å². The van der Waals surface area contributed by atoms with Crippen LogP contribution in [0.25, 0.3) is 10.2 Å². The van der Waals surface area contributed by atoms with Crippen molar-refractivity contribution < 1.29 is 9.18 Å². The molecule has 1 aliphatic rings. The molecule has 3 aromatic heterocycles. The monoisotopic (exact) mass is 400 g/mol. The van der Waals surface area contributed by atoms with Crippen LogP contribution in [0.4, 0.5) is 15.3 Å². The summed E-state index contributed by atoms with van der Waals surface area (Å²) in [4.78, 5) is 27.8. The van der Waals surface area contributed by atoms with Gasteiger partial charge >= 0.3 is 0 Å². The molecule has 3 aromatic rings. The van der Waals surface area contributed by atoms with Gasteiger partial charge in [0.2, 0.25) is 5.95 Å². The smallest absolute Gasteiger partial charge is 0.274 e. The highest BCUT2D eigenvalue weighted by atomic mass is 32.1. The van der Waals surface area contributed by atoms with E-state index < -0.39 is 6.17 Å². The molecule has 0 bridgehead atoms. The Kier molecular flexibility index (Phi) is 5.08. The zero-order valence-electron chi connectivity index (χ0n) is 15.6. The zero-order valence-corrected chi connectivity index (χ0v) is 16.5. The van der Waals surface area contributed by atoms with Crippen molar-refractivity contribution in [3.05, 3.63) is 41.9 Å². The normalized spacial score (nSPS) is 17.7. The van der Waals surface area contributed by atoms with Gasteiger partial charge in [-0.2, -0.15) is 0 Å². The summed E-state index contributed by atoms with van der Waals surface area (Å²) in [6.45, 7) is 2.50. The number of alkyl halides is 1. The van der Waals surface area contributed by atoms with Gasteiger partial charge in [0.1, 0.15) is 6.17 Å². The summed E-state index contributed by atoms with van der Waals surface area (Å²) in [5.74, 6) is 0.109. The Hall–Kier alpha value is -2.81. The number of carbonyl (C=O) groups is 1. The third kappa shape index (κ3) is 3.62. The molecule has 0 saturated carbocycles. The lowest BCUT2D eigenvalue weighted by molar-refractivity contribution is 0.0779. The lowest BCUT2D eigenvalue weighted by atomic mass is 10.1. The van der Waals surface area contributed by atoms with Crippen molar-refractivity contribution in [2.45, 2.75) is 25.6 Å². The van der Waals surface area contributed by atoms with Gasteiger partial charge in [0.05, 0.1) is 27.8 Å². The van der Waals surface area contributed by atoms with E-state index in [1.54, 1.807) is 12.4 Å². The molecular weight excluding hydrogens is 379 g/mol. The second-order valence-corrected chi connectivity index (χ2v) is 7.81. The molecule has 28 heavy (non-hydrogen) atoms. The number of hydrogen-bond acceptors (Lipinski definition) is 7. The number of nitrogens with zero attached hydrogens (tertiary/aromatic N) is 4. The molecule has 0 aromatic carbocycles. The van der Waals surface area contributed by atoms with E-state index >= 15 is 0 Å². The van der Waals surface area contributed by atoms with Gasteiger partial charge in [0, 0.05) is 26.0 Å². The van der Waals surface area contributed by atoms with Crippen molar-refractivity contribution in [1.82, 2.24) is 19.9 Å². The SMILES string of the molecule is CNc1cc2nc(N[C@@H](C)c3cccnc3)nc(C(=O)N3CC[C@H](F)C3)c2s1. The summed E-state index contributed by atoms with van der Waals surface area (Å²) >= 11 is 1.42. The molecule has 0 radical (unpaired) electrons. The second-order valence-electron chi connectivity index (χ2n) is 6.76. The number of anilines is 2. The van der Waals surface area contributed by atoms with Crippen LogP contribution >= 0.6 is 11.3 Å². The van der Waals surface area contributed by atoms with Crippen LogP contribution in [-0.2, 0) is 0 Å². The predicted molar refractivity (Wildman–Crippen MR) is 109 cm³/mol. The number of rotatable bonds is 5. The average Bonchev–Trinajstić information content (AvgIpc) is 3.33. The van der Waals surface area contributed by atoms with Crippen LogP contribution in [0.5, 0.6) is 0 Å². The highest BCUT2D eigenvalue weighted by molar-refractivity contribution is 7.23. The van der Waals surface area contributed by atoms with Crippen LogP contribution in [0.1, 0.15) is 35.4 Å². The summed E-state index contributed by atoms with van der Waals surface area (Å²) in [5, 5.41) is 7.22. The average molecular weight is 400 g/mol. The first-order chi connectivity index (χ1) is 13.5. The Labute approximate surface area is 166 Å². The van der Waals surface area contributed by atoms with Crippen molar-refractivity contribution in [2.24, 2.45) is 0 Å². The van der Waals surface area contributed by atoms with Gasteiger partial charge in [0.25, 0.3) is 5.91 Å². The van der Waals surface area contributed by atoms with Crippen LogP contribution in [-0.4, -0.2) is 52.1 Å². The Balaban J connectivity index is 1.70. The lowest BCUT2D eigenvalue weighted by Gasteiger charge is -2.17. The first kappa shape index (κ1) is 18.5. The van der Waals surface area contributed by atoms with Gasteiger partial charge in [-0.05, 0) is 31.0 Å². The molecule has 2 atom stereocenters. The molecule has 9 heteroatoms. The molecule has 0 aliphatic carbocycles. The minimum atomic E-state index is -0.972. The number of likely N-dealkylation sites (tertiary alicyclic amines) is 1. The first-order valence-electron chi connectivity index (χ1n) is 9.14. The van der Waals surface area contributed by atoms with Crippen molar-refractivity contribution in [3.63, 3.8) is 0 Å². The second kappa shape index (κ2) is 7.67. The molecule has 1 saturated heterocycles. The van der Waals surface area contributed by atoms with E-state index in [0.717, 1.165) is 10.6 Å². The molecule has 2 N–H and O–H groups in total. The first-order valence-corrected chi connectivity index (χ1v) is 9.96. The number of halogens is 1. The van der Waals surface area contributed by atoms with E-state index in [1.165, 1.54) is 16.2 Å². The third-order valence-electron chi connectivity index (χ3n) is 4.77. The molecule has 0 spiro atoms. The van der Waals surface area contributed by atoms with Crippen molar-refractivity contribution in [2.75, 3.05) is 30.8 Å². The van der Waals surface area contributed by atoms with Crippen molar-refractivity contribution >= 4 is 38.4 Å². The van der Waals surface area contributed by atoms with E-state index in [4.69, 9.17) is 0 Å². The maximum atomic E-state index is 13.6. The van der Waals surface area contributed by atoms with Gasteiger partial charge < -0.3 is 15.5 Å². The Bertz CT molecular complexity index is 995. The fourth-order valence-corrected chi connectivity index (χ4v) is 4.15. The number of nitrogens with one attached hydrogen (secondary N) is 2. The Morgan fingerprint density at radius 3 is 2.96 bits per heavy atom. The van der Waals surface area contributed by atoms with E-state index in [-0.39, 0.29) is 18.5 Å². The Morgan fingerprint density at radius 1 is 1.43 bits per heavy atom. The number of pyridine rings is 1. The highest BCUT2D eigenvalue weighted by Crippen LogP contribution is 2.33. The zero-order chi connectivity index (χ0) is 19.7. The lowest BCUT2D eigenvalue weighted by Crippen LogP contribution is -2.30. The molecular formula is C19H21FN6OS. The third-order valence-corrected chi connectivity index (χ3v) is 5.92. The van der Waals surface area contributed by atoms with Crippen molar-refractivity contribution in [3.8, 4) is 0 Å². The van der Waals surface area contributed by atoms with Gasteiger partial charge in [-0.1, -0.05) is 6.07 Å². The summed E-state index contributed by atoms with van der Waals surface area (Å²) < 4.78 is 14.3. The molecule has 1 fully saturated rings. The quantitative estimate of drug-likeness (QED) is 0.682. The van der Waals surface area contributed by atoms with Crippen molar-refractivity contribution in [1.29, 1.82) is 0 Å². The van der Waals surface area contributed by atoms with Crippen LogP contribution in [0.15, 0.2) is 30.6 Å². The van der Waals surface area contributed by atoms with Gasteiger partial charge in [-0.3, -0.25) is 9.78 Å². The summed E-state index contributed by atoms with van der Waals surface area (Å²) in [5.41, 5.74) is 1.98. The molecule has 4 rings (SSSR count). The molecule has 4 heterocycles. The van der Waals surface area contributed by atoms with Crippen LogP contribution in [0, 0.1) is 0 Å². The fraction of sp³-hybridized carbons (Fsp3) is 0.368. The van der Waals surface area contributed by atoms with Crippen LogP contribution in [0.2, 0.25) is 0 Å². The summed E-state index contributed by atoms with van der Waals surface area (Å²) in [6.07, 6.45) is 2.89. The van der Waals surface area contributed by atoms with Gasteiger partial charge in [0.15, 0.2) is 5.69 Å². The number of fused-ring (bicyclic) bond motifs is 1. The molecule has 1 aliphatic heterocycles. The van der Waals surface area contributed by atoms with Gasteiger partial charge in [-0.15, -0.1) is 11.3 Å². The largest absolute Gasteiger partial charge is 0.380 e. The molecule has 146 valence electrons. The number of aromatic nitrogens is 3. The van der Waals surface area contributed by atoms with E-state index in [2.05, 4.69) is 25.6 Å². The van der Waals surface area contributed by atoms with Crippen LogP contribution < -0.4 is 10.6 Å². The van der Waals surface area contributed by atoms with E-state index in [1.807, 2.05) is 32.2 Å². The Morgan fingerprint density at radius 2 is 2.29 bits per heavy atom. The highest BCUT2D eigenvalue weighted by Gasteiger charge is 2.29. The minimum absolute atomic E-state index is 0.0847. The number of carbonyl (C=O) groups excluding carboxylic acids is 1. The number of amides is 1. The topological polar surface area (TPSA) is 83.0 Å². The summed E-state index contributed by atoms with van der Waals surface area (Å²) in [6, 6.07) is 5.63. The fourth-order valence-electron chi connectivity index (χ4n) is 3.22. The van der Waals surface area contributed by atoms with E-state index in [0.29, 0.717) is 34.8 Å². The standard InChI is InChI=1S/C19H21FN6OS/c1-11(12-4-3-6-22-9-12)23-19-24-14-8-15(21-2)28-17(14)16(25-19)18(27)26-7-5-13(20)10-26/h3-4,6,8-9,11,13,21H,5,7,10H2,1-2H3,(H,23,24,25)/t11-,13-/m0/s1.